The highest BCUT2D eigenvalue weighted by Gasteiger charge is 2.06. The van der Waals surface area contributed by atoms with E-state index in [4.69, 9.17) is 10.5 Å². The van der Waals surface area contributed by atoms with Gasteiger partial charge in [-0.3, -0.25) is 0 Å². The van der Waals surface area contributed by atoms with Gasteiger partial charge in [-0.2, -0.15) is 4.98 Å². The van der Waals surface area contributed by atoms with Crippen LogP contribution in [0.1, 0.15) is 11.3 Å². The molecule has 94 valence electrons. The predicted molar refractivity (Wildman–Crippen MR) is 68.8 cm³/mol. The zero-order chi connectivity index (χ0) is 13.1. The standard InChI is InChI=1S/C12H11BrFN3O/c1-7-8(5-15)6-16-12(17-7)18-9-2-3-10(13)11(14)4-9/h2-4,6H,5,15H2,1H3. The lowest BCUT2D eigenvalue weighted by atomic mass is 10.2. The minimum atomic E-state index is -0.400. The third kappa shape index (κ3) is 2.83. The van der Waals surface area contributed by atoms with Crippen molar-refractivity contribution in [2.45, 2.75) is 13.5 Å². The summed E-state index contributed by atoms with van der Waals surface area (Å²) in [6.45, 7) is 2.19. The lowest BCUT2D eigenvalue weighted by Gasteiger charge is -2.06. The summed E-state index contributed by atoms with van der Waals surface area (Å²) in [5.74, 6) is -0.0570. The molecule has 0 aliphatic carbocycles. The molecule has 0 fully saturated rings. The molecule has 0 amide bonds. The minimum absolute atomic E-state index is 0.173. The van der Waals surface area contributed by atoms with Gasteiger partial charge in [0.1, 0.15) is 11.6 Å². The highest BCUT2D eigenvalue weighted by Crippen LogP contribution is 2.24. The van der Waals surface area contributed by atoms with Crippen molar-refractivity contribution in [3.63, 3.8) is 0 Å². The summed E-state index contributed by atoms with van der Waals surface area (Å²) in [6, 6.07) is 4.63. The Balaban J connectivity index is 2.23. The second kappa shape index (κ2) is 5.41. The molecule has 0 spiro atoms. The van der Waals surface area contributed by atoms with Crippen LogP contribution in [0.25, 0.3) is 0 Å². The van der Waals surface area contributed by atoms with Crippen LogP contribution in [-0.4, -0.2) is 9.97 Å². The molecule has 1 aromatic heterocycles. The summed E-state index contributed by atoms with van der Waals surface area (Å²) in [5.41, 5.74) is 7.12. The fourth-order valence-corrected chi connectivity index (χ4v) is 1.61. The molecule has 18 heavy (non-hydrogen) atoms. The number of aryl methyl sites for hydroxylation is 1. The van der Waals surface area contributed by atoms with Gasteiger partial charge in [-0.1, -0.05) is 0 Å². The molecular formula is C12H11BrFN3O. The molecule has 0 saturated carbocycles. The fraction of sp³-hybridized carbons (Fsp3) is 0.167. The highest BCUT2D eigenvalue weighted by molar-refractivity contribution is 9.10. The second-order valence-corrected chi connectivity index (χ2v) is 4.50. The lowest BCUT2D eigenvalue weighted by molar-refractivity contribution is 0.435. The van der Waals surface area contributed by atoms with Crippen LogP contribution in [0.4, 0.5) is 4.39 Å². The van der Waals surface area contributed by atoms with E-state index in [1.807, 2.05) is 6.92 Å². The molecular weight excluding hydrogens is 301 g/mol. The van der Waals surface area contributed by atoms with Crippen LogP contribution in [0.3, 0.4) is 0 Å². The first-order valence-corrected chi connectivity index (χ1v) is 6.05. The Hall–Kier alpha value is -1.53. The number of benzene rings is 1. The van der Waals surface area contributed by atoms with E-state index >= 15 is 0 Å². The molecule has 0 radical (unpaired) electrons. The van der Waals surface area contributed by atoms with Gasteiger partial charge in [0.15, 0.2) is 0 Å². The Labute approximate surface area is 112 Å². The van der Waals surface area contributed by atoms with Crippen molar-refractivity contribution >= 4 is 15.9 Å². The van der Waals surface area contributed by atoms with Crippen molar-refractivity contribution in [1.29, 1.82) is 0 Å². The molecule has 0 aliphatic heterocycles. The number of hydrogen-bond donors (Lipinski definition) is 1. The summed E-state index contributed by atoms with van der Waals surface area (Å²) in [4.78, 5) is 8.15. The molecule has 0 saturated heterocycles. The van der Waals surface area contributed by atoms with Gasteiger partial charge in [0, 0.05) is 30.1 Å². The van der Waals surface area contributed by atoms with Gasteiger partial charge < -0.3 is 10.5 Å². The van der Waals surface area contributed by atoms with Crippen molar-refractivity contribution in [2.24, 2.45) is 5.73 Å². The van der Waals surface area contributed by atoms with Gasteiger partial charge in [0.05, 0.1) is 4.47 Å². The predicted octanol–water partition coefficient (Wildman–Crippen LogP) is 2.94. The van der Waals surface area contributed by atoms with Gasteiger partial charge in [0.25, 0.3) is 0 Å². The molecule has 0 unspecified atom stereocenters. The average molecular weight is 312 g/mol. The molecule has 1 aromatic carbocycles. The molecule has 2 rings (SSSR count). The molecule has 1 heterocycles. The number of nitrogens with two attached hydrogens (primary N) is 1. The number of rotatable bonds is 3. The Bertz CT molecular complexity index is 577. The van der Waals surface area contributed by atoms with Crippen molar-refractivity contribution in [2.75, 3.05) is 0 Å². The summed E-state index contributed by atoms with van der Waals surface area (Å²) in [5, 5.41) is 0. The van der Waals surface area contributed by atoms with Crippen molar-refractivity contribution in [3.05, 3.63) is 45.9 Å². The Morgan fingerprint density at radius 3 is 2.83 bits per heavy atom. The van der Waals surface area contributed by atoms with Crippen LogP contribution >= 0.6 is 15.9 Å². The molecule has 0 atom stereocenters. The smallest absolute Gasteiger partial charge is 0.322 e. The zero-order valence-electron chi connectivity index (χ0n) is 9.65. The number of ether oxygens (including phenoxy) is 1. The summed E-state index contributed by atoms with van der Waals surface area (Å²) < 4.78 is 19.0. The van der Waals surface area contributed by atoms with Crippen LogP contribution in [0.15, 0.2) is 28.9 Å². The number of hydrogen-bond acceptors (Lipinski definition) is 4. The Morgan fingerprint density at radius 2 is 2.22 bits per heavy atom. The third-order valence-corrected chi connectivity index (χ3v) is 3.02. The fourth-order valence-electron chi connectivity index (χ4n) is 1.37. The van der Waals surface area contributed by atoms with E-state index in [0.717, 1.165) is 11.3 Å². The van der Waals surface area contributed by atoms with E-state index in [1.54, 1.807) is 18.3 Å². The quantitative estimate of drug-likeness (QED) is 0.946. The van der Waals surface area contributed by atoms with Crippen LogP contribution in [0.5, 0.6) is 11.8 Å². The van der Waals surface area contributed by atoms with Gasteiger partial charge in [-0.05, 0) is 35.0 Å². The molecule has 0 aliphatic rings. The van der Waals surface area contributed by atoms with E-state index in [0.29, 0.717) is 16.8 Å². The van der Waals surface area contributed by atoms with Crippen LogP contribution in [0.2, 0.25) is 0 Å². The Kier molecular flexibility index (Phi) is 3.88. The van der Waals surface area contributed by atoms with Crippen molar-refractivity contribution in [1.82, 2.24) is 9.97 Å². The average Bonchev–Trinajstić information content (AvgIpc) is 2.34. The highest BCUT2D eigenvalue weighted by atomic mass is 79.9. The largest absolute Gasteiger partial charge is 0.424 e. The lowest BCUT2D eigenvalue weighted by Crippen LogP contribution is -2.03. The van der Waals surface area contributed by atoms with Gasteiger partial charge in [-0.15, -0.1) is 0 Å². The van der Waals surface area contributed by atoms with Crippen LogP contribution in [0, 0.1) is 12.7 Å². The number of nitrogens with zero attached hydrogens (tertiary/aromatic N) is 2. The van der Waals surface area contributed by atoms with E-state index in [-0.39, 0.29) is 6.01 Å². The first-order valence-electron chi connectivity index (χ1n) is 5.25. The summed E-state index contributed by atoms with van der Waals surface area (Å²) >= 11 is 3.07. The SMILES string of the molecule is Cc1nc(Oc2ccc(Br)c(F)c2)ncc1CN. The second-order valence-electron chi connectivity index (χ2n) is 3.65. The topological polar surface area (TPSA) is 61.0 Å². The van der Waals surface area contributed by atoms with Crippen LogP contribution < -0.4 is 10.5 Å². The summed E-state index contributed by atoms with van der Waals surface area (Å²) in [7, 11) is 0. The summed E-state index contributed by atoms with van der Waals surface area (Å²) in [6.07, 6.45) is 1.60. The molecule has 2 aromatic rings. The minimum Gasteiger partial charge on any atom is -0.424 e. The number of halogens is 2. The molecule has 4 nitrogen and oxygen atoms in total. The third-order valence-electron chi connectivity index (χ3n) is 2.38. The van der Waals surface area contributed by atoms with Gasteiger partial charge in [-0.25, -0.2) is 9.37 Å². The molecule has 2 N–H and O–H groups in total. The van der Waals surface area contributed by atoms with E-state index < -0.39 is 5.82 Å². The maximum Gasteiger partial charge on any atom is 0.322 e. The first kappa shape index (κ1) is 12.9. The van der Waals surface area contributed by atoms with E-state index in [1.165, 1.54) is 6.07 Å². The monoisotopic (exact) mass is 311 g/mol. The number of aromatic nitrogens is 2. The van der Waals surface area contributed by atoms with Crippen molar-refractivity contribution < 1.29 is 9.13 Å². The van der Waals surface area contributed by atoms with Crippen LogP contribution in [-0.2, 0) is 6.54 Å². The normalized spacial score (nSPS) is 10.4. The van der Waals surface area contributed by atoms with Crippen molar-refractivity contribution in [3.8, 4) is 11.8 Å². The van der Waals surface area contributed by atoms with Gasteiger partial charge >= 0.3 is 6.01 Å². The Morgan fingerprint density at radius 1 is 1.44 bits per heavy atom. The first-order chi connectivity index (χ1) is 8.60. The van der Waals surface area contributed by atoms with Gasteiger partial charge in [0.2, 0.25) is 0 Å². The van der Waals surface area contributed by atoms with E-state index in [2.05, 4.69) is 25.9 Å². The maximum atomic E-state index is 13.3. The zero-order valence-corrected chi connectivity index (χ0v) is 11.2. The molecule has 0 bridgehead atoms. The maximum absolute atomic E-state index is 13.3. The van der Waals surface area contributed by atoms with E-state index in [9.17, 15) is 4.39 Å². The molecule has 6 heteroatoms.